The molecule has 2 heterocycles. The van der Waals surface area contributed by atoms with Crippen LogP contribution in [0, 0.1) is 11.7 Å². The van der Waals surface area contributed by atoms with Gasteiger partial charge in [0.15, 0.2) is 17.9 Å². The van der Waals surface area contributed by atoms with E-state index in [0.29, 0.717) is 12.3 Å². The number of hydrogen-bond acceptors (Lipinski definition) is 8. The second-order valence-corrected chi connectivity index (χ2v) is 10.2. The molecule has 0 aliphatic carbocycles. The highest BCUT2D eigenvalue weighted by atomic mass is 19.1. The molecule has 40 heavy (non-hydrogen) atoms. The number of benzene rings is 1. The van der Waals surface area contributed by atoms with Crippen molar-refractivity contribution in [2.45, 2.75) is 90.8 Å². The van der Waals surface area contributed by atoms with Gasteiger partial charge in [0, 0.05) is 0 Å². The fourth-order valence-electron chi connectivity index (χ4n) is 3.98. The predicted octanol–water partition coefficient (Wildman–Crippen LogP) is 3.83. The molecule has 1 saturated heterocycles. The Labute approximate surface area is 233 Å². The summed E-state index contributed by atoms with van der Waals surface area (Å²) in [5.41, 5.74) is 1.19. The number of carbonyl (C=O) groups excluding carboxylic acids is 1. The SMILES string of the molecule is CC(C)Cc1ccc(C(C)C(=O)O)cc1.CCCCCOC(=O)Nc1nc(=O)n([C@@H]2O[C@H](C)[C@@H](O)[C@H]2O)cc1F. The lowest BCUT2D eigenvalue weighted by Gasteiger charge is -2.17. The van der Waals surface area contributed by atoms with Gasteiger partial charge in [0.1, 0.15) is 12.2 Å². The lowest BCUT2D eigenvalue weighted by atomic mass is 9.97. The van der Waals surface area contributed by atoms with Crippen LogP contribution in [0.15, 0.2) is 35.3 Å². The molecule has 0 saturated carbocycles. The van der Waals surface area contributed by atoms with Crippen LogP contribution in [-0.4, -0.2) is 61.9 Å². The van der Waals surface area contributed by atoms with E-state index in [4.69, 9.17) is 14.6 Å². The van der Waals surface area contributed by atoms with E-state index in [1.54, 1.807) is 6.92 Å². The van der Waals surface area contributed by atoms with Gasteiger partial charge >= 0.3 is 17.8 Å². The van der Waals surface area contributed by atoms with Gasteiger partial charge < -0.3 is 24.8 Å². The lowest BCUT2D eigenvalue weighted by molar-refractivity contribution is -0.138. The molecular formula is C28H40FN3O8. The molecule has 0 bridgehead atoms. The first kappa shape index (κ1) is 32.9. The number of anilines is 1. The first-order chi connectivity index (χ1) is 18.8. The number of halogens is 1. The molecule has 1 amide bonds. The Hall–Kier alpha value is -3.35. The Bertz CT molecular complexity index is 1170. The maximum atomic E-state index is 14.1. The molecule has 2 aromatic rings. The van der Waals surface area contributed by atoms with Crippen molar-refractivity contribution in [3.8, 4) is 0 Å². The summed E-state index contributed by atoms with van der Waals surface area (Å²) in [5, 5.41) is 30.5. The number of carboxylic acids is 1. The number of hydrogen-bond donors (Lipinski definition) is 4. The highest BCUT2D eigenvalue weighted by Crippen LogP contribution is 2.28. The van der Waals surface area contributed by atoms with Gasteiger partial charge in [-0.1, -0.05) is 57.9 Å². The molecule has 1 aliphatic heterocycles. The number of amides is 1. The van der Waals surface area contributed by atoms with Gasteiger partial charge in [-0.05, 0) is 43.7 Å². The van der Waals surface area contributed by atoms with E-state index in [9.17, 15) is 29.0 Å². The molecule has 12 heteroatoms. The number of rotatable bonds is 10. The Kier molecular flexibility index (Phi) is 12.7. The normalized spacial score (nSPS) is 20.9. The zero-order chi connectivity index (χ0) is 30.0. The van der Waals surface area contributed by atoms with Crippen molar-refractivity contribution in [1.82, 2.24) is 9.55 Å². The van der Waals surface area contributed by atoms with E-state index in [0.717, 1.165) is 35.6 Å². The van der Waals surface area contributed by atoms with E-state index in [-0.39, 0.29) is 6.61 Å². The minimum absolute atomic E-state index is 0.177. The molecule has 1 aromatic heterocycles. The average molecular weight is 566 g/mol. The molecule has 1 aromatic carbocycles. The number of nitrogens with zero attached hydrogens (tertiary/aromatic N) is 2. The summed E-state index contributed by atoms with van der Waals surface area (Å²) in [7, 11) is 0. The predicted molar refractivity (Wildman–Crippen MR) is 146 cm³/mol. The summed E-state index contributed by atoms with van der Waals surface area (Å²) in [6.07, 6.45) is -1.21. The Morgan fingerprint density at radius 2 is 1.80 bits per heavy atom. The standard InChI is InChI=1S/C15H22FN3O6.C13H18O2/c1-3-4-5-6-24-15(23)18-12-9(16)7-19(14(22)17-12)13-11(21)10(20)8(2)25-13;1-9(2)8-11-4-6-12(7-5-11)10(3)13(14)15/h7-8,10-11,13,20-21H,3-6H2,1-2H3,(H,17,18,22,23);4-7,9-10H,8H2,1-3H3,(H,14,15)/t8-,10-,11-,13-;/m1./s1. The fourth-order valence-corrected chi connectivity index (χ4v) is 3.98. The topological polar surface area (TPSA) is 160 Å². The molecule has 0 radical (unpaired) electrons. The summed E-state index contributed by atoms with van der Waals surface area (Å²) >= 11 is 0. The Morgan fingerprint density at radius 3 is 2.33 bits per heavy atom. The van der Waals surface area contributed by atoms with Crippen molar-refractivity contribution in [3.63, 3.8) is 0 Å². The third-order valence-corrected chi connectivity index (χ3v) is 6.35. The van der Waals surface area contributed by atoms with Crippen LogP contribution in [0.4, 0.5) is 15.0 Å². The summed E-state index contributed by atoms with van der Waals surface area (Å²) in [4.78, 5) is 37.8. The number of nitrogens with one attached hydrogen (secondary N) is 1. The smallest absolute Gasteiger partial charge is 0.412 e. The van der Waals surface area contributed by atoms with Crippen LogP contribution in [0.25, 0.3) is 0 Å². The number of unbranched alkanes of at least 4 members (excludes halogenated alkanes) is 2. The number of aliphatic carboxylic acids is 1. The fraction of sp³-hybridized carbons (Fsp3) is 0.571. The molecular weight excluding hydrogens is 525 g/mol. The van der Waals surface area contributed by atoms with E-state index >= 15 is 0 Å². The maximum absolute atomic E-state index is 14.1. The maximum Gasteiger partial charge on any atom is 0.412 e. The van der Waals surface area contributed by atoms with Gasteiger partial charge in [-0.3, -0.25) is 14.7 Å². The van der Waals surface area contributed by atoms with Crippen molar-refractivity contribution in [2.24, 2.45) is 5.92 Å². The van der Waals surface area contributed by atoms with Crippen molar-refractivity contribution in [2.75, 3.05) is 11.9 Å². The van der Waals surface area contributed by atoms with E-state index in [1.165, 1.54) is 12.5 Å². The van der Waals surface area contributed by atoms with Crippen LogP contribution >= 0.6 is 0 Å². The first-order valence-corrected chi connectivity index (χ1v) is 13.4. The highest BCUT2D eigenvalue weighted by Gasteiger charge is 2.42. The van der Waals surface area contributed by atoms with E-state index < -0.39 is 59.8 Å². The average Bonchev–Trinajstić information content (AvgIpc) is 3.15. The highest BCUT2D eigenvalue weighted by molar-refractivity contribution is 5.83. The Morgan fingerprint density at radius 1 is 1.15 bits per heavy atom. The third kappa shape index (κ3) is 9.39. The minimum atomic E-state index is -1.41. The van der Waals surface area contributed by atoms with E-state index in [1.807, 2.05) is 31.2 Å². The summed E-state index contributed by atoms with van der Waals surface area (Å²) in [5.74, 6) is -2.14. The number of ether oxygens (including phenoxy) is 2. The van der Waals surface area contributed by atoms with Crippen LogP contribution in [0.1, 0.15) is 77.2 Å². The van der Waals surface area contributed by atoms with Gasteiger partial charge in [0.2, 0.25) is 0 Å². The van der Waals surface area contributed by atoms with Gasteiger partial charge in [-0.2, -0.15) is 4.98 Å². The van der Waals surface area contributed by atoms with Crippen LogP contribution in [-0.2, 0) is 20.7 Å². The van der Waals surface area contributed by atoms with Crippen LogP contribution < -0.4 is 11.0 Å². The number of aliphatic hydroxyl groups excluding tert-OH is 2. The van der Waals surface area contributed by atoms with Crippen molar-refractivity contribution in [3.05, 3.63) is 57.9 Å². The largest absolute Gasteiger partial charge is 0.481 e. The van der Waals surface area contributed by atoms with Gasteiger partial charge in [0.05, 0.1) is 24.8 Å². The van der Waals surface area contributed by atoms with Crippen LogP contribution in [0.5, 0.6) is 0 Å². The summed E-state index contributed by atoms with van der Waals surface area (Å²) < 4.78 is 24.9. The second kappa shape index (κ2) is 15.4. The van der Waals surface area contributed by atoms with Gasteiger partial charge in [-0.15, -0.1) is 0 Å². The Balaban J connectivity index is 0.000000319. The van der Waals surface area contributed by atoms with Crippen molar-refractivity contribution < 1.29 is 38.8 Å². The van der Waals surface area contributed by atoms with Crippen molar-refractivity contribution >= 4 is 17.9 Å². The number of aliphatic hydroxyl groups is 2. The van der Waals surface area contributed by atoms with Gasteiger partial charge in [-0.25, -0.2) is 14.0 Å². The zero-order valence-corrected chi connectivity index (χ0v) is 23.5. The van der Waals surface area contributed by atoms with Gasteiger partial charge in [0.25, 0.3) is 0 Å². The molecule has 0 spiro atoms. The summed E-state index contributed by atoms with van der Waals surface area (Å²) in [6.45, 7) is 9.74. The van der Waals surface area contributed by atoms with E-state index in [2.05, 4.69) is 24.1 Å². The minimum Gasteiger partial charge on any atom is -0.481 e. The molecule has 5 atom stereocenters. The monoisotopic (exact) mass is 565 g/mol. The molecule has 1 unspecified atom stereocenters. The quantitative estimate of drug-likeness (QED) is 0.314. The lowest BCUT2D eigenvalue weighted by Crippen LogP contribution is -2.36. The number of aromatic nitrogens is 2. The second-order valence-electron chi connectivity index (χ2n) is 10.2. The number of carboxylic acid groups (broad SMARTS) is 1. The zero-order valence-electron chi connectivity index (χ0n) is 23.5. The molecule has 222 valence electrons. The third-order valence-electron chi connectivity index (χ3n) is 6.35. The molecule has 11 nitrogen and oxygen atoms in total. The molecule has 1 aliphatic rings. The van der Waals surface area contributed by atoms with Crippen molar-refractivity contribution in [1.29, 1.82) is 0 Å². The van der Waals surface area contributed by atoms with Crippen LogP contribution in [0.3, 0.4) is 0 Å². The summed E-state index contributed by atoms with van der Waals surface area (Å²) in [6, 6.07) is 7.87. The number of carbonyl (C=O) groups is 2. The molecule has 1 fully saturated rings. The van der Waals surface area contributed by atoms with Crippen LogP contribution in [0.2, 0.25) is 0 Å². The first-order valence-electron chi connectivity index (χ1n) is 13.4. The molecule has 3 rings (SSSR count). The molecule has 4 N–H and O–H groups in total.